The van der Waals surface area contributed by atoms with Crippen LogP contribution in [0.2, 0.25) is 0 Å². The van der Waals surface area contributed by atoms with Crippen molar-refractivity contribution in [3.05, 3.63) is 24.3 Å². The third-order valence-corrected chi connectivity index (χ3v) is 10.1. The standard InChI is InChI=1S/C48H86O7/c1-3-5-7-9-11-13-15-17-19-21-23-25-27-31-35-39-46(50)53-43-45(44-54-47(51)40-36-32-29-30-34-38-42-49)55-48(52)41-37-33-28-26-24-22-20-18-16-14-12-10-8-6-4-2/h17-20,42,45H,3-16,21-41,43-44H2,1-2H3/b19-17-,20-18-. The topological polar surface area (TPSA) is 96.0 Å². The molecular weight excluding hydrogens is 689 g/mol. The average molecular weight is 775 g/mol. The van der Waals surface area contributed by atoms with Gasteiger partial charge in [-0.25, -0.2) is 0 Å². The number of esters is 3. The molecule has 0 N–H and O–H groups in total. The smallest absolute Gasteiger partial charge is 0.306 e. The number of carbonyl (C=O) groups is 4. The quantitative estimate of drug-likeness (QED) is 0.0200. The normalized spacial score (nSPS) is 12.0. The summed E-state index contributed by atoms with van der Waals surface area (Å²) in [5.74, 6) is -0.995. The molecule has 0 aliphatic carbocycles. The van der Waals surface area contributed by atoms with Crippen LogP contribution in [0.3, 0.4) is 0 Å². The Hall–Kier alpha value is -2.44. The van der Waals surface area contributed by atoms with E-state index in [9.17, 15) is 19.2 Å². The highest BCUT2D eigenvalue weighted by atomic mass is 16.6. The van der Waals surface area contributed by atoms with Gasteiger partial charge in [0.25, 0.3) is 0 Å². The van der Waals surface area contributed by atoms with Crippen molar-refractivity contribution in [1.29, 1.82) is 0 Å². The van der Waals surface area contributed by atoms with Crippen molar-refractivity contribution < 1.29 is 33.4 Å². The summed E-state index contributed by atoms with van der Waals surface area (Å²) < 4.78 is 16.6. The highest BCUT2D eigenvalue weighted by Gasteiger charge is 2.19. The summed E-state index contributed by atoms with van der Waals surface area (Å²) in [5, 5.41) is 0. The van der Waals surface area contributed by atoms with Crippen LogP contribution in [0.5, 0.6) is 0 Å². The maximum atomic E-state index is 12.7. The number of aldehydes is 1. The molecule has 0 aromatic carbocycles. The molecule has 0 aliphatic heterocycles. The Morgan fingerprint density at radius 1 is 0.382 bits per heavy atom. The number of allylic oxidation sites excluding steroid dienone is 4. The fourth-order valence-electron chi connectivity index (χ4n) is 6.58. The Morgan fingerprint density at radius 2 is 0.673 bits per heavy atom. The highest BCUT2D eigenvalue weighted by Crippen LogP contribution is 2.14. The second-order valence-electron chi connectivity index (χ2n) is 15.6. The Labute approximate surface area is 338 Å². The minimum absolute atomic E-state index is 0.105. The molecule has 0 spiro atoms. The molecule has 0 saturated heterocycles. The van der Waals surface area contributed by atoms with Crippen LogP contribution >= 0.6 is 0 Å². The molecule has 0 aromatic rings. The number of hydrogen-bond donors (Lipinski definition) is 0. The van der Waals surface area contributed by atoms with Crippen molar-refractivity contribution in [2.45, 2.75) is 245 Å². The second-order valence-corrected chi connectivity index (χ2v) is 15.6. The highest BCUT2D eigenvalue weighted by molar-refractivity contribution is 5.71. The molecule has 0 fully saturated rings. The van der Waals surface area contributed by atoms with Gasteiger partial charge in [0.05, 0.1) is 0 Å². The van der Waals surface area contributed by atoms with Crippen molar-refractivity contribution in [3.8, 4) is 0 Å². The molecule has 1 atom stereocenters. The van der Waals surface area contributed by atoms with Crippen molar-refractivity contribution in [2.24, 2.45) is 0 Å². The van der Waals surface area contributed by atoms with Gasteiger partial charge >= 0.3 is 17.9 Å². The van der Waals surface area contributed by atoms with E-state index in [1.807, 2.05) is 0 Å². The fraction of sp³-hybridized carbons (Fsp3) is 0.833. The van der Waals surface area contributed by atoms with Crippen LogP contribution in [0.25, 0.3) is 0 Å². The first-order chi connectivity index (χ1) is 27.0. The van der Waals surface area contributed by atoms with E-state index >= 15 is 0 Å². The maximum absolute atomic E-state index is 12.7. The van der Waals surface area contributed by atoms with E-state index in [4.69, 9.17) is 14.2 Å². The van der Waals surface area contributed by atoms with Crippen molar-refractivity contribution in [2.75, 3.05) is 13.2 Å². The van der Waals surface area contributed by atoms with E-state index in [2.05, 4.69) is 38.2 Å². The van der Waals surface area contributed by atoms with Gasteiger partial charge in [-0.3, -0.25) is 14.4 Å². The Balaban J connectivity index is 4.30. The summed E-state index contributed by atoms with van der Waals surface area (Å²) in [4.78, 5) is 48.0. The predicted molar refractivity (Wildman–Crippen MR) is 229 cm³/mol. The van der Waals surface area contributed by atoms with Crippen molar-refractivity contribution >= 4 is 24.2 Å². The van der Waals surface area contributed by atoms with Crippen molar-refractivity contribution in [3.63, 3.8) is 0 Å². The third-order valence-electron chi connectivity index (χ3n) is 10.1. The minimum Gasteiger partial charge on any atom is -0.462 e. The van der Waals surface area contributed by atoms with E-state index in [1.165, 1.54) is 103 Å². The van der Waals surface area contributed by atoms with Crippen LogP contribution < -0.4 is 0 Å². The summed E-state index contributed by atoms with van der Waals surface area (Å²) in [6, 6.07) is 0. The molecule has 55 heavy (non-hydrogen) atoms. The lowest BCUT2D eigenvalue weighted by molar-refractivity contribution is -0.167. The summed E-state index contributed by atoms with van der Waals surface area (Å²) in [7, 11) is 0. The number of ether oxygens (including phenoxy) is 3. The van der Waals surface area contributed by atoms with Crippen LogP contribution in [0.1, 0.15) is 239 Å². The van der Waals surface area contributed by atoms with E-state index < -0.39 is 6.10 Å². The molecule has 0 amide bonds. The van der Waals surface area contributed by atoms with Gasteiger partial charge in [-0.15, -0.1) is 0 Å². The first-order valence-corrected chi connectivity index (χ1v) is 23.3. The molecule has 0 aromatic heterocycles. The Morgan fingerprint density at radius 3 is 1.02 bits per heavy atom. The molecule has 7 nitrogen and oxygen atoms in total. The number of rotatable bonds is 43. The number of hydrogen-bond acceptors (Lipinski definition) is 7. The van der Waals surface area contributed by atoms with Gasteiger partial charge < -0.3 is 19.0 Å². The van der Waals surface area contributed by atoms with Crippen LogP contribution in [0.4, 0.5) is 0 Å². The number of carbonyl (C=O) groups excluding carboxylic acids is 4. The number of unbranched alkanes of at least 4 members (excludes halogenated alkanes) is 27. The first kappa shape index (κ1) is 52.6. The maximum Gasteiger partial charge on any atom is 0.306 e. The molecule has 0 heterocycles. The molecule has 7 heteroatoms. The molecular formula is C48H86O7. The molecule has 0 rings (SSSR count). The summed E-state index contributed by atoms with van der Waals surface area (Å²) in [6.45, 7) is 4.29. The lowest BCUT2D eigenvalue weighted by Gasteiger charge is -2.18. The van der Waals surface area contributed by atoms with E-state index in [0.29, 0.717) is 32.1 Å². The fourth-order valence-corrected chi connectivity index (χ4v) is 6.58. The van der Waals surface area contributed by atoms with Gasteiger partial charge in [-0.1, -0.05) is 160 Å². The monoisotopic (exact) mass is 775 g/mol. The molecule has 0 saturated carbocycles. The van der Waals surface area contributed by atoms with Gasteiger partial charge in [0, 0.05) is 25.7 Å². The molecule has 0 bridgehead atoms. The van der Waals surface area contributed by atoms with E-state index in [0.717, 1.165) is 96.2 Å². The zero-order valence-electron chi connectivity index (χ0n) is 36.0. The lowest BCUT2D eigenvalue weighted by Crippen LogP contribution is -2.30. The molecule has 0 radical (unpaired) electrons. The SMILES string of the molecule is CCCCCCCC/C=C\CCCCCCCC(=O)OCC(COC(=O)CCCCCCCC=O)OC(=O)CCCCCCC/C=C\CCCCCCCC. The lowest BCUT2D eigenvalue weighted by atomic mass is 10.1. The third kappa shape index (κ3) is 42.5. The van der Waals surface area contributed by atoms with Gasteiger partial charge in [0.2, 0.25) is 0 Å². The predicted octanol–water partition coefficient (Wildman–Crippen LogP) is 14.0. The van der Waals surface area contributed by atoms with Crippen molar-refractivity contribution in [1.82, 2.24) is 0 Å². The largest absolute Gasteiger partial charge is 0.462 e. The second kappa shape index (κ2) is 44.3. The van der Waals surface area contributed by atoms with E-state index in [1.54, 1.807) is 0 Å². The Bertz CT molecular complexity index is 927. The zero-order valence-corrected chi connectivity index (χ0v) is 36.0. The van der Waals surface area contributed by atoms with Crippen LogP contribution in [-0.4, -0.2) is 43.5 Å². The Kier molecular flexibility index (Phi) is 42.3. The first-order valence-electron chi connectivity index (χ1n) is 23.3. The molecule has 320 valence electrons. The summed E-state index contributed by atoms with van der Waals surface area (Å²) >= 11 is 0. The minimum atomic E-state index is -0.805. The van der Waals surface area contributed by atoms with Gasteiger partial charge in [-0.2, -0.15) is 0 Å². The van der Waals surface area contributed by atoms with Gasteiger partial charge in [0.15, 0.2) is 6.10 Å². The van der Waals surface area contributed by atoms with Gasteiger partial charge in [0.1, 0.15) is 19.5 Å². The average Bonchev–Trinajstić information content (AvgIpc) is 3.18. The van der Waals surface area contributed by atoms with Gasteiger partial charge in [-0.05, 0) is 77.0 Å². The molecule has 1 unspecified atom stereocenters. The zero-order chi connectivity index (χ0) is 40.1. The van der Waals surface area contributed by atoms with Crippen LogP contribution in [0, 0.1) is 0 Å². The van der Waals surface area contributed by atoms with Crippen LogP contribution in [-0.2, 0) is 33.4 Å². The molecule has 0 aliphatic rings. The van der Waals surface area contributed by atoms with E-state index in [-0.39, 0.29) is 31.1 Å². The summed E-state index contributed by atoms with van der Waals surface area (Å²) in [6.07, 6.45) is 46.4. The van der Waals surface area contributed by atoms with Crippen LogP contribution in [0.15, 0.2) is 24.3 Å². The summed E-state index contributed by atoms with van der Waals surface area (Å²) in [5.41, 5.74) is 0.